The minimum atomic E-state index is -0.628. The van der Waals surface area contributed by atoms with Gasteiger partial charge in [-0.25, -0.2) is 9.97 Å². The molecule has 0 aliphatic carbocycles. The summed E-state index contributed by atoms with van der Waals surface area (Å²) in [5.41, 5.74) is 15.7. The molecule has 0 unspecified atom stereocenters. The van der Waals surface area contributed by atoms with Gasteiger partial charge in [0.1, 0.15) is 11.4 Å². The van der Waals surface area contributed by atoms with Gasteiger partial charge in [-0.05, 0) is 103 Å². The third-order valence-electron chi connectivity index (χ3n) is 9.07. The molecular weight excluding hydrogens is 664 g/mol. The molecule has 6 N–H and O–H groups in total. The molecule has 0 radical (unpaired) electrons. The molecule has 270 valence electrons. The van der Waals surface area contributed by atoms with Gasteiger partial charge in [0.15, 0.2) is 0 Å². The van der Waals surface area contributed by atoms with Crippen LogP contribution in [-0.4, -0.2) is 62.3 Å². The van der Waals surface area contributed by atoms with E-state index in [1.54, 1.807) is 57.9 Å². The second-order valence-electron chi connectivity index (χ2n) is 13.3. The van der Waals surface area contributed by atoms with Gasteiger partial charge in [-0.3, -0.25) is 39.2 Å². The van der Waals surface area contributed by atoms with E-state index in [-0.39, 0.29) is 11.8 Å². The number of primary amides is 2. The zero-order chi connectivity index (χ0) is 37.5. The summed E-state index contributed by atoms with van der Waals surface area (Å²) in [4.78, 5) is 60.5. The van der Waals surface area contributed by atoms with Crippen molar-refractivity contribution < 1.29 is 19.2 Å². The van der Waals surface area contributed by atoms with E-state index in [0.717, 1.165) is 0 Å². The summed E-state index contributed by atoms with van der Waals surface area (Å²) in [5, 5.41) is 14.7. The highest BCUT2D eigenvalue weighted by Gasteiger charge is 2.29. The maximum absolute atomic E-state index is 13.6. The Bertz CT molecular complexity index is 2370. The first-order valence-corrected chi connectivity index (χ1v) is 17.0. The zero-order valence-corrected chi connectivity index (χ0v) is 30.0. The Morgan fingerprint density at radius 1 is 0.712 bits per heavy atom. The number of amides is 4. The molecule has 0 fully saturated rings. The first kappa shape index (κ1) is 35.5. The average Bonchev–Trinajstić information content (AvgIpc) is 3.86. The van der Waals surface area contributed by atoms with Crippen LogP contribution in [0.4, 0.5) is 11.9 Å². The molecule has 0 spiro atoms. The number of fused-ring (bicyclic) bond motifs is 2. The van der Waals surface area contributed by atoms with Crippen LogP contribution in [0, 0.1) is 13.8 Å². The summed E-state index contributed by atoms with van der Waals surface area (Å²) >= 11 is 0. The number of carbonyl (C=O) groups is 4. The normalized spacial score (nSPS) is 11.7. The van der Waals surface area contributed by atoms with Crippen LogP contribution in [0.15, 0.2) is 48.5 Å². The molecule has 6 rings (SSSR count). The molecule has 4 amide bonds. The van der Waals surface area contributed by atoms with Crippen LogP contribution < -0.4 is 22.1 Å². The summed E-state index contributed by atoms with van der Waals surface area (Å²) < 4.78 is 7.10. The molecule has 0 aliphatic heterocycles. The van der Waals surface area contributed by atoms with E-state index in [1.807, 2.05) is 50.7 Å². The minimum absolute atomic E-state index is 0.297. The molecule has 16 heteroatoms. The number of nitrogens with two attached hydrogens (primary N) is 2. The number of carbonyl (C=O) groups excluding carboxylic acids is 4. The van der Waals surface area contributed by atoms with Crippen molar-refractivity contribution in [1.29, 1.82) is 0 Å². The van der Waals surface area contributed by atoms with Crippen molar-refractivity contribution in [2.75, 3.05) is 10.6 Å². The Hall–Kier alpha value is -6.32. The van der Waals surface area contributed by atoms with E-state index in [4.69, 9.17) is 16.5 Å². The second kappa shape index (κ2) is 13.8. The Morgan fingerprint density at radius 2 is 1.19 bits per heavy atom. The van der Waals surface area contributed by atoms with Crippen molar-refractivity contribution >= 4 is 57.6 Å². The van der Waals surface area contributed by atoms with Crippen LogP contribution in [0.3, 0.4) is 0 Å². The van der Waals surface area contributed by atoms with E-state index < -0.39 is 17.4 Å². The Balaban J connectivity index is 1.33. The number of rotatable bonds is 13. The lowest BCUT2D eigenvalue weighted by Gasteiger charge is -2.29. The molecule has 0 atom stereocenters. The van der Waals surface area contributed by atoms with Crippen LogP contribution >= 0.6 is 0 Å². The lowest BCUT2D eigenvalue weighted by atomic mass is 9.97. The third kappa shape index (κ3) is 6.74. The maximum atomic E-state index is 13.6. The zero-order valence-electron chi connectivity index (χ0n) is 30.0. The summed E-state index contributed by atoms with van der Waals surface area (Å²) in [7, 11) is 0. The van der Waals surface area contributed by atoms with Gasteiger partial charge < -0.3 is 20.6 Å². The van der Waals surface area contributed by atoms with Gasteiger partial charge in [0.05, 0.1) is 33.5 Å². The fraction of sp³-hybridized carbons (Fsp3) is 0.333. The predicted molar refractivity (Wildman–Crippen MR) is 196 cm³/mol. The number of aromatic nitrogens is 8. The van der Waals surface area contributed by atoms with Crippen molar-refractivity contribution in [3.63, 3.8) is 0 Å². The van der Waals surface area contributed by atoms with Crippen LogP contribution in [-0.2, 0) is 25.2 Å². The fourth-order valence-corrected chi connectivity index (χ4v) is 6.59. The Morgan fingerprint density at radius 3 is 1.71 bits per heavy atom. The molecule has 0 bridgehead atoms. The first-order chi connectivity index (χ1) is 24.7. The van der Waals surface area contributed by atoms with Gasteiger partial charge >= 0.3 is 0 Å². The minimum Gasteiger partial charge on any atom is -0.366 e. The van der Waals surface area contributed by atoms with Gasteiger partial charge in [-0.1, -0.05) is 0 Å². The van der Waals surface area contributed by atoms with E-state index >= 15 is 0 Å². The Kier molecular flexibility index (Phi) is 9.40. The molecule has 2 aromatic carbocycles. The monoisotopic (exact) mass is 706 g/mol. The van der Waals surface area contributed by atoms with Crippen molar-refractivity contribution in [3.05, 3.63) is 82.4 Å². The van der Waals surface area contributed by atoms with Crippen molar-refractivity contribution in [3.8, 4) is 0 Å². The fourth-order valence-electron chi connectivity index (χ4n) is 6.59. The molecule has 6 aromatic rings. The highest BCUT2D eigenvalue weighted by molar-refractivity contribution is 6.04. The van der Waals surface area contributed by atoms with Crippen LogP contribution in [0.2, 0.25) is 0 Å². The molecule has 0 saturated heterocycles. The molecular formula is C36H42N12O4. The van der Waals surface area contributed by atoms with E-state index in [0.29, 0.717) is 100 Å². The number of anilines is 2. The first-order valence-electron chi connectivity index (χ1n) is 17.0. The number of benzene rings is 2. The predicted octanol–water partition coefficient (Wildman–Crippen LogP) is 4.35. The van der Waals surface area contributed by atoms with Gasteiger partial charge in [0.25, 0.3) is 11.8 Å². The number of imidazole rings is 2. The summed E-state index contributed by atoms with van der Waals surface area (Å²) in [6.45, 7) is 13.0. The number of nitrogens with zero attached hydrogens (tertiary/aromatic N) is 8. The van der Waals surface area contributed by atoms with Gasteiger partial charge in [-0.15, -0.1) is 0 Å². The Labute approximate surface area is 299 Å². The van der Waals surface area contributed by atoms with Crippen LogP contribution in [0.1, 0.15) is 93.6 Å². The molecule has 0 aliphatic rings. The third-order valence-corrected chi connectivity index (χ3v) is 9.07. The lowest BCUT2D eigenvalue weighted by molar-refractivity contribution is 0.0992. The maximum Gasteiger partial charge on any atom is 0.276 e. The summed E-state index contributed by atoms with van der Waals surface area (Å²) in [5.74, 6) is -1.30. The highest BCUT2D eigenvalue weighted by atomic mass is 16.2. The van der Waals surface area contributed by atoms with Crippen LogP contribution in [0.5, 0.6) is 0 Å². The van der Waals surface area contributed by atoms with Crippen molar-refractivity contribution in [2.24, 2.45) is 11.5 Å². The van der Waals surface area contributed by atoms with E-state index in [9.17, 15) is 19.2 Å². The molecule has 0 saturated carbocycles. The molecule has 52 heavy (non-hydrogen) atoms. The lowest BCUT2D eigenvalue weighted by Crippen LogP contribution is -2.30. The number of nitrogens with one attached hydrogen (secondary N) is 2. The number of aryl methyl sites for hydroxylation is 5. The van der Waals surface area contributed by atoms with Crippen LogP contribution in [0.25, 0.3) is 22.1 Å². The molecule has 4 aromatic heterocycles. The standard InChI is InChI=1S/C36H42N12O4/c1-7-46-28(16-20(3)43-46)32(51)41-34-39-24-18-22(30(37)49)10-12-26(24)45(34)15-9-14-36(5,6)48-27-13-11-23(31(38)50)19-25(27)40-35(48)42-33(52)29-17-21(4)44-47(29)8-2/h10-13,16-19H,7-9,14-15H2,1-6H3,(H2,37,49)(H2,38,50)(H,39,41,51)(H,40,42,52). The molecule has 16 nitrogen and oxygen atoms in total. The van der Waals surface area contributed by atoms with Gasteiger partial charge in [0, 0.05) is 36.3 Å². The highest BCUT2D eigenvalue weighted by Crippen LogP contribution is 2.33. The van der Waals surface area contributed by atoms with E-state index in [1.165, 1.54) is 0 Å². The van der Waals surface area contributed by atoms with Crippen molar-refractivity contribution in [1.82, 2.24) is 38.7 Å². The smallest absolute Gasteiger partial charge is 0.276 e. The quantitative estimate of drug-likeness (QED) is 0.135. The average molecular weight is 707 g/mol. The summed E-state index contributed by atoms with van der Waals surface area (Å²) in [6, 6.07) is 13.5. The topological polar surface area (TPSA) is 216 Å². The van der Waals surface area contributed by atoms with Crippen molar-refractivity contribution in [2.45, 2.75) is 79.6 Å². The number of hydrogen-bond donors (Lipinski definition) is 4. The van der Waals surface area contributed by atoms with Gasteiger partial charge in [-0.2, -0.15) is 10.2 Å². The molecule has 4 heterocycles. The SMILES string of the molecule is CCn1nc(C)cc1C(=O)Nc1nc2cc(C(N)=O)ccc2n1CCCC(C)(C)n1c(NC(=O)c2cc(C)nn2CC)nc2cc(C(N)=O)ccc21. The summed E-state index contributed by atoms with van der Waals surface area (Å²) in [6.07, 6.45) is 1.18. The van der Waals surface area contributed by atoms with Gasteiger partial charge in [0.2, 0.25) is 23.7 Å². The second-order valence-corrected chi connectivity index (χ2v) is 13.3. The number of hydrogen-bond acceptors (Lipinski definition) is 8. The van der Waals surface area contributed by atoms with E-state index in [2.05, 4.69) is 25.8 Å². The largest absolute Gasteiger partial charge is 0.366 e.